The van der Waals surface area contributed by atoms with Crippen molar-refractivity contribution in [3.8, 4) is 5.75 Å². The number of carbonyl (C=O) groups excluding carboxylic acids is 1. The first-order chi connectivity index (χ1) is 9.95. The highest BCUT2D eigenvalue weighted by atomic mass is 79.9. The quantitative estimate of drug-likeness (QED) is 0.788. The van der Waals surface area contributed by atoms with Crippen molar-refractivity contribution in [2.45, 2.75) is 38.3 Å². The molecular weight excluding hydrogens is 338 g/mol. The van der Waals surface area contributed by atoms with Crippen molar-refractivity contribution in [3.63, 3.8) is 0 Å². The van der Waals surface area contributed by atoms with Gasteiger partial charge in [0.25, 0.3) is 5.91 Å². The Morgan fingerprint density at radius 2 is 2.19 bits per heavy atom. The van der Waals surface area contributed by atoms with Crippen molar-refractivity contribution in [2.24, 2.45) is 5.92 Å². The summed E-state index contributed by atoms with van der Waals surface area (Å²) in [5.41, 5.74) is 0. The van der Waals surface area contributed by atoms with E-state index in [2.05, 4.69) is 21.2 Å². The molecule has 0 radical (unpaired) electrons. The van der Waals surface area contributed by atoms with Crippen LogP contribution in [0.3, 0.4) is 0 Å². The average molecular weight is 356 g/mol. The molecule has 1 amide bonds. The SMILES string of the molecule is CC(Oc1cccc(Br)c1)C(=O)NC(CC1CC1)C(=O)O. The average Bonchev–Trinajstić information content (AvgIpc) is 3.21. The van der Waals surface area contributed by atoms with Crippen LogP contribution < -0.4 is 10.1 Å². The molecule has 5 nitrogen and oxygen atoms in total. The molecule has 0 aliphatic heterocycles. The molecule has 0 saturated heterocycles. The van der Waals surface area contributed by atoms with Crippen LogP contribution in [0.2, 0.25) is 0 Å². The number of ether oxygens (including phenoxy) is 1. The van der Waals surface area contributed by atoms with Gasteiger partial charge in [-0.25, -0.2) is 4.79 Å². The third-order valence-electron chi connectivity index (χ3n) is 3.36. The molecule has 1 aliphatic carbocycles. The molecule has 1 aliphatic rings. The summed E-state index contributed by atoms with van der Waals surface area (Å²) < 4.78 is 6.37. The van der Waals surface area contributed by atoms with Gasteiger partial charge in [-0.2, -0.15) is 0 Å². The minimum Gasteiger partial charge on any atom is -0.481 e. The summed E-state index contributed by atoms with van der Waals surface area (Å²) >= 11 is 3.32. The Kier molecular flexibility index (Phi) is 5.22. The number of benzene rings is 1. The zero-order valence-electron chi connectivity index (χ0n) is 11.7. The van der Waals surface area contributed by atoms with E-state index in [0.29, 0.717) is 18.1 Å². The Morgan fingerprint density at radius 1 is 1.48 bits per heavy atom. The standard InChI is InChI=1S/C15H18BrNO4/c1-9(21-12-4-2-3-11(16)8-12)14(18)17-13(15(19)20)7-10-5-6-10/h2-4,8-10,13H,5-7H2,1H3,(H,17,18)(H,19,20). The predicted molar refractivity (Wildman–Crippen MR) is 81.1 cm³/mol. The number of halogens is 1. The largest absolute Gasteiger partial charge is 0.481 e. The van der Waals surface area contributed by atoms with Gasteiger partial charge in [0.05, 0.1) is 0 Å². The maximum absolute atomic E-state index is 12.0. The van der Waals surface area contributed by atoms with Gasteiger partial charge >= 0.3 is 5.97 Å². The van der Waals surface area contributed by atoms with Crippen LogP contribution >= 0.6 is 15.9 Å². The Hall–Kier alpha value is -1.56. The van der Waals surface area contributed by atoms with E-state index in [1.54, 1.807) is 25.1 Å². The van der Waals surface area contributed by atoms with E-state index in [9.17, 15) is 9.59 Å². The molecule has 2 N–H and O–H groups in total. The summed E-state index contributed by atoms with van der Waals surface area (Å²) in [7, 11) is 0. The lowest BCUT2D eigenvalue weighted by molar-refractivity contribution is -0.143. The van der Waals surface area contributed by atoms with Crippen LogP contribution in [-0.4, -0.2) is 29.1 Å². The molecule has 2 atom stereocenters. The third kappa shape index (κ3) is 5.04. The smallest absolute Gasteiger partial charge is 0.326 e. The molecule has 1 saturated carbocycles. The molecule has 1 fully saturated rings. The molecule has 0 aromatic heterocycles. The van der Waals surface area contributed by atoms with E-state index in [0.717, 1.165) is 17.3 Å². The van der Waals surface area contributed by atoms with Gasteiger partial charge in [-0.1, -0.05) is 34.8 Å². The number of carbonyl (C=O) groups is 2. The van der Waals surface area contributed by atoms with Crippen LogP contribution in [0.5, 0.6) is 5.75 Å². The number of amides is 1. The number of rotatable bonds is 7. The zero-order chi connectivity index (χ0) is 15.4. The topological polar surface area (TPSA) is 75.6 Å². The molecule has 6 heteroatoms. The Morgan fingerprint density at radius 3 is 2.76 bits per heavy atom. The second-order valence-electron chi connectivity index (χ2n) is 5.30. The third-order valence-corrected chi connectivity index (χ3v) is 3.85. The van der Waals surface area contributed by atoms with Crippen molar-refractivity contribution in [3.05, 3.63) is 28.7 Å². The van der Waals surface area contributed by atoms with Crippen molar-refractivity contribution in [2.75, 3.05) is 0 Å². The lowest BCUT2D eigenvalue weighted by Gasteiger charge is -2.19. The van der Waals surface area contributed by atoms with E-state index in [1.807, 2.05) is 6.07 Å². The number of carboxylic acid groups (broad SMARTS) is 1. The lowest BCUT2D eigenvalue weighted by Crippen LogP contribution is -2.46. The first-order valence-corrected chi connectivity index (χ1v) is 7.70. The predicted octanol–water partition coefficient (Wildman–Crippen LogP) is 2.59. The summed E-state index contributed by atoms with van der Waals surface area (Å²) in [6.45, 7) is 1.60. The zero-order valence-corrected chi connectivity index (χ0v) is 13.3. The first kappa shape index (κ1) is 15.8. The van der Waals surface area contributed by atoms with Crippen molar-refractivity contribution in [1.82, 2.24) is 5.32 Å². The number of hydrogen-bond donors (Lipinski definition) is 2. The van der Waals surface area contributed by atoms with Gasteiger partial charge in [-0.05, 0) is 37.5 Å². The molecule has 21 heavy (non-hydrogen) atoms. The summed E-state index contributed by atoms with van der Waals surface area (Å²) in [5, 5.41) is 11.7. The molecule has 1 aromatic rings. The van der Waals surface area contributed by atoms with Gasteiger partial charge in [-0.3, -0.25) is 4.79 Å². The summed E-state index contributed by atoms with van der Waals surface area (Å²) in [6.07, 6.45) is 1.83. The van der Waals surface area contributed by atoms with Gasteiger partial charge in [0.15, 0.2) is 6.10 Å². The molecule has 1 aromatic carbocycles. The summed E-state index contributed by atoms with van der Waals surface area (Å²) in [4.78, 5) is 23.2. The lowest BCUT2D eigenvalue weighted by atomic mass is 10.1. The molecule has 0 bridgehead atoms. The van der Waals surface area contributed by atoms with Crippen LogP contribution in [0.25, 0.3) is 0 Å². The fourth-order valence-corrected chi connectivity index (χ4v) is 2.37. The maximum Gasteiger partial charge on any atom is 0.326 e. The molecular formula is C15H18BrNO4. The van der Waals surface area contributed by atoms with Crippen LogP contribution in [-0.2, 0) is 9.59 Å². The highest BCUT2D eigenvalue weighted by Gasteiger charge is 2.31. The highest BCUT2D eigenvalue weighted by molar-refractivity contribution is 9.10. The Bertz CT molecular complexity index is 530. The molecule has 2 rings (SSSR count). The highest BCUT2D eigenvalue weighted by Crippen LogP contribution is 2.33. The molecule has 0 heterocycles. The number of carboxylic acids is 1. The fourth-order valence-electron chi connectivity index (χ4n) is 2.00. The van der Waals surface area contributed by atoms with E-state index < -0.39 is 24.0 Å². The summed E-state index contributed by atoms with van der Waals surface area (Å²) in [5.74, 6) is -0.429. The Balaban J connectivity index is 1.89. The van der Waals surface area contributed by atoms with Crippen molar-refractivity contribution < 1.29 is 19.4 Å². The van der Waals surface area contributed by atoms with E-state index in [1.165, 1.54) is 0 Å². The Labute approximate surface area is 131 Å². The monoisotopic (exact) mass is 355 g/mol. The second kappa shape index (κ2) is 6.93. The fraction of sp³-hybridized carbons (Fsp3) is 0.467. The minimum absolute atomic E-state index is 0.414. The van der Waals surface area contributed by atoms with Gasteiger partial charge in [0.1, 0.15) is 11.8 Å². The second-order valence-corrected chi connectivity index (χ2v) is 6.21. The maximum atomic E-state index is 12.0. The van der Waals surface area contributed by atoms with Gasteiger partial charge in [0.2, 0.25) is 0 Å². The summed E-state index contributed by atoms with van der Waals surface area (Å²) in [6, 6.07) is 6.32. The normalized spacial score (nSPS) is 16.9. The van der Waals surface area contributed by atoms with Crippen LogP contribution in [0.15, 0.2) is 28.7 Å². The van der Waals surface area contributed by atoms with Crippen molar-refractivity contribution >= 4 is 27.8 Å². The van der Waals surface area contributed by atoms with Crippen molar-refractivity contribution in [1.29, 1.82) is 0 Å². The van der Waals surface area contributed by atoms with Gasteiger partial charge in [0, 0.05) is 4.47 Å². The number of aliphatic carboxylic acids is 1. The van der Waals surface area contributed by atoms with Gasteiger partial charge in [-0.15, -0.1) is 0 Å². The first-order valence-electron chi connectivity index (χ1n) is 6.91. The van der Waals surface area contributed by atoms with Crippen LogP contribution in [0, 0.1) is 5.92 Å². The molecule has 0 spiro atoms. The number of hydrogen-bond acceptors (Lipinski definition) is 3. The molecule has 2 unspecified atom stereocenters. The molecule has 114 valence electrons. The van der Waals surface area contributed by atoms with E-state index in [4.69, 9.17) is 9.84 Å². The van der Waals surface area contributed by atoms with Crippen LogP contribution in [0.4, 0.5) is 0 Å². The van der Waals surface area contributed by atoms with Crippen LogP contribution in [0.1, 0.15) is 26.2 Å². The minimum atomic E-state index is -0.995. The van der Waals surface area contributed by atoms with Gasteiger partial charge < -0.3 is 15.2 Å². The van der Waals surface area contributed by atoms with E-state index >= 15 is 0 Å². The van der Waals surface area contributed by atoms with E-state index in [-0.39, 0.29) is 0 Å². The number of nitrogens with one attached hydrogen (secondary N) is 1.